The van der Waals surface area contributed by atoms with Crippen molar-refractivity contribution < 1.29 is 32.7 Å². The number of benzene rings is 1. The number of rotatable bonds is 7. The van der Waals surface area contributed by atoms with E-state index in [0.29, 0.717) is 12.1 Å². The normalized spacial score (nSPS) is 12.9. The highest BCUT2D eigenvalue weighted by Gasteiger charge is 2.26. The fourth-order valence-electron chi connectivity index (χ4n) is 1.42. The maximum atomic E-state index is 13.4. The summed E-state index contributed by atoms with van der Waals surface area (Å²) in [4.78, 5) is 19.6. The third-order valence-electron chi connectivity index (χ3n) is 2.44. The van der Waals surface area contributed by atoms with Crippen molar-refractivity contribution >= 4 is 21.7 Å². The van der Waals surface area contributed by atoms with Crippen molar-refractivity contribution in [2.75, 3.05) is 6.61 Å². The smallest absolute Gasteiger partial charge is 0.321 e. The van der Waals surface area contributed by atoms with Crippen molar-refractivity contribution in [3.63, 3.8) is 0 Å². The molecular weight excluding hydrogens is 311 g/mol. The second-order valence-electron chi connectivity index (χ2n) is 3.89. The molecule has 0 aliphatic heterocycles. The van der Waals surface area contributed by atoms with Crippen LogP contribution in [-0.2, 0) is 14.8 Å². The highest BCUT2D eigenvalue weighted by Crippen LogP contribution is 2.21. The minimum atomic E-state index is -4.40. The molecule has 0 aliphatic rings. The zero-order valence-electron chi connectivity index (χ0n) is 10.4. The largest absolute Gasteiger partial charge is 0.480 e. The van der Waals surface area contributed by atoms with Gasteiger partial charge in [0.05, 0.1) is 9.82 Å². The van der Waals surface area contributed by atoms with Crippen LogP contribution in [-0.4, -0.2) is 42.2 Å². The number of sulfonamides is 1. The first-order chi connectivity index (χ1) is 9.69. The minimum Gasteiger partial charge on any atom is -0.480 e. The van der Waals surface area contributed by atoms with E-state index in [1.807, 2.05) is 0 Å². The van der Waals surface area contributed by atoms with Crippen LogP contribution in [0.4, 0.5) is 10.1 Å². The molecule has 0 aromatic heterocycles. The molecule has 1 atom stereocenters. The van der Waals surface area contributed by atoms with Gasteiger partial charge in [-0.1, -0.05) is 0 Å². The first kappa shape index (κ1) is 16.9. The Morgan fingerprint density at radius 1 is 1.48 bits per heavy atom. The van der Waals surface area contributed by atoms with Crippen LogP contribution in [0, 0.1) is 15.9 Å². The Hall–Kier alpha value is -2.11. The molecule has 0 bridgehead atoms. The van der Waals surface area contributed by atoms with Crippen LogP contribution in [0.5, 0.6) is 0 Å². The summed E-state index contributed by atoms with van der Waals surface area (Å²) in [5.41, 5.74) is -0.904. The molecule has 116 valence electrons. The summed E-state index contributed by atoms with van der Waals surface area (Å²) in [5.74, 6) is -2.88. The van der Waals surface area contributed by atoms with E-state index in [0.717, 1.165) is 6.07 Å². The summed E-state index contributed by atoms with van der Waals surface area (Å²) in [6, 6.07) is 0.254. The number of aliphatic hydroxyl groups is 1. The monoisotopic (exact) mass is 322 g/mol. The Morgan fingerprint density at radius 2 is 2.10 bits per heavy atom. The van der Waals surface area contributed by atoms with Crippen molar-refractivity contribution in [1.82, 2.24) is 4.72 Å². The second-order valence-corrected chi connectivity index (χ2v) is 5.61. The summed E-state index contributed by atoms with van der Waals surface area (Å²) < 4.78 is 38.9. The van der Waals surface area contributed by atoms with Gasteiger partial charge in [-0.3, -0.25) is 14.9 Å². The van der Waals surface area contributed by atoms with E-state index in [2.05, 4.69) is 0 Å². The molecule has 1 rings (SSSR count). The topological polar surface area (TPSA) is 147 Å². The lowest BCUT2D eigenvalue weighted by Gasteiger charge is -2.13. The van der Waals surface area contributed by atoms with Gasteiger partial charge in [-0.15, -0.1) is 0 Å². The second kappa shape index (κ2) is 6.56. The number of aliphatic carboxylic acids is 1. The van der Waals surface area contributed by atoms with Gasteiger partial charge in [-0.2, -0.15) is 9.11 Å². The van der Waals surface area contributed by atoms with Crippen molar-refractivity contribution in [1.29, 1.82) is 0 Å². The summed E-state index contributed by atoms with van der Waals surface area (Å²) >= 11 is 0. The van der Waals surface area contributed by atoms with Crippen LogP contribution in [0.15, 0.2) is 23.1 Å². The van der Waals surface area contributed by atoms with E-state index < -0.39 is 50.0 Å². The molecule has 0 unspecified atom stereocenters. The molecule has 0 heterocycles. The third-order valence-corrected chi connectivity index (χ3v) is 3.91. The summed E-state index contributed by atoms with van der Waals surface area (Å²) in [7, 11) is -4.40. The highest BCUT2D eigenvalue weighted by atomic mass is 32.2. The Morgan fingerprint density at radius 3 is 2.52 bits per heavy atom. The molecule has 1 aromatic rings. The first-order valence-corrected chi connectivity index (χ1v) is 6.97. The van der Waals surface area contributed by atoms with Crippen LogP contribution >= 0.6 is 0 Å². The number of halogens is 1. The third kappa shape index (κ3) is 4.18. The first-order valence-electron chi connectivity index (χ1n) is 5.49. The molecule has 21 heavy (non-hydrogen) atoms. The van der Waals surface area contributed by atoms with Gasteiger partial charge in [-0.05, 0) is 12.5 Å². The van der Waals surface area contributed by atoms with E-state index in [1.165, 1.54) is 0 Å². The van der Waals surface area contributed by atoms with Crippen LogP contribution in [0.25, 0.3) is 0 Å². The average Bonchev–Trinajstić information content (AvgIpc) is 2.37. The summed E-state index contributed by atoms with van der Waals surface area (Å²) in [5, 5.41) is 27.9. The highest BCUT2D eigenvalue weighted by molar-refractivity contribution is 7.89. The van der Waals surface area contributed by atoms with Gasteiger partial charge in [0.2, 0.25) is 15.8 Å². The van der Waals surface area contributed by atoms with Crippen molar-refractivity contribution in [2.45, 2.75) is 17.4 Å². The number of carbonyl (C=O) groups is 1. The van der Waals surface area contributed by atoms with Crippen LogP contribution in [0.3, 0.4) is 0 Å². The summed E-state index contributed by atoms with van der Waals surface area (Å²) in [6.07, 6.45) is -0.385. The SMILES string of the molecule is O=C(O)[C@@H](CCO)NS(=O)(=O)c1ccc([N+](=O)[O-])c(F)c1. The molecule has 0 saturated heterocycles. The maximum Gasteiger partial charge on any atom is 0.321 e. The number of nitrogens with zero attached hydrogens (tertiary/aromatic N) is 1. The number of nitrogens with one attached hydrogen (secondary N) is 1. The van der Waals surface area contributed by atoms with Gasteiger partial charge in [-0.25, -0.2) is 8.42 Å². The molecular formula is C10H11FN2O7S. The lowest BCUT2D eigenvalue weighted by Crippen LogP contribution is -2.41. The van der Waals surface area contributed by atoms with Crippen LogP contribution < -0.4 is 4.72 Å². The molecule has 0 amide bonds. The quantitative estimate of drug-likeness (QED) is 0.467. The van der Waals surface area contributed by atoms with Crippen LogP contribution in [0.2, 0.25) is 0 Å². The van der Waals surface area contributed by atoms with Crippen molar-refractivity contribution in [3.05, 3.63) is 34.1 Å². The predicted octanol–water partition coefficient (Wildman–Crippen LogP) is -0.152. The minimum absolute atomic E-state index is 0.385. The van der Waals surface area contributed by atoms with Gasteiger partial charge in [0.1, 0.15) is 6.04 Å². The molecule has 3 N–H and O–H groups in total. The fourth-order valence-corrected chi connectivity index (χ4v) is 2.66. The lowest BCUT2D eigenvalue weighted by molar-refractivity contribution is -0.387. The molecule has 0 aliphatic carbocycles. The number of nitro groups is 1. The zero-order chi connectivity index (χ0) is 16.2. The van der Waals surface area contributed by atoms with Gasteiger partial charge in [0, 0.05) is 18.7 Å². The molecule has 0 fully saturated rings. The van der Waals surface area contributed by atoms with Crippen LogP contribution in [0.1, 0.15) is 6.42 Å². The Kier molecular flexibility index (Phi) is 5.29. The van der Waals surface area contributed by atoms with Crippen molar-refractivity contribution in [2.24, 2.45) is 0 Å². The number of carboxylic acids is 1. The van der Waals surface area contributed by atoms with E-state index in [9.17, 15) is 27.7 Å². The van der Waals surface area contributed by atoms with E-state index >= 15 is 0 Å². The Labute approximate surface area is 118 Å². The number of nitro benzene ring substituents is 1. The van der Waals surface area contributed by atoms with Gasteiger partial charge < -0.3 is 10.2 Å². The number of aliphatic hydroxyl groups excluding tert-OH is 1. The number of carboxylic acid groups (broad SMARTS) is 1. The number of hydrogen-bond acceptors (Lipinski definition) is 6. The number of hydrogen-bond donors (Lipinski definition) is 3. The van der Waals surface area contributed by atoms with Gasteiger partial charge in [0.15, 0.2) is 0 Å². The molecule has 0 radical (unpaired) electrons. The van der Waals surface area contributed by atoms with Crippen molar-refractivity contribution in [3.8, 4) is 0 Å². The van der Waals surface area contributed by atoms with E-state index in [4.69, 9.17) is 10.2 Å². The lowest BCUT2D eigenvalue weighted by atomic mass is 10.2. The molecule has 11 heteroatoms. The van der Waals surface area contributed by atoms with E-state index in [-0.39, 0.29) is 6.42 Å². The Bertz CT molecular complexity index is 661. The molecule has 0 spiro atoms. The predicted molar refractivity (Wildman–Crippen MR) is 66.5 cm³/mol. The van der Waals surface area contributed by atoms with Gasteiger partial charge in [0.25, 0.3) is 0 Å². The standard InChI is InChI=1S/C10H11FN2O7S/c11-7-5-6(1-2-9(7)13(17)18)21(19,20)12-8(3-4-14)10(15)16/h1-2,5,8,12,14H,3-4H2,(H,15,16)/t8-/m1/s1. The molecule has 9 nitrogen and oxygen atoms in total. The average molecular weight is 322 g/mol. The van der Waals surface area contributed by atoms with E-state index in [1.54, 1.807) is 4.72 Å². The van der Waals surface area contributed by atoms with Gasteiger partial charge >= 0.3 is 11.7 Å². The Balaban J connectivity index is 3.10. The summed E-state index contributed by atoms with van der Waals surface area (Å²) in [6.45, 7) is -0.575. The fraction of sp³-hybridized carbons (Fsp3) is 0.300. The maximum absolute atomic E-state index is 13.4. The molecule has 1 aromatic carbocycles. The zero-order valence-corrected chi connectivity index (χ0v) is 11.2. The molecule has 0 saturated carbocycles.